The van der Waals surface area contributed by atoms with Crippen LogP contribution in [-0.4, -0.2) is 24.4 Å². The number of aliphatic hydroxyl groups excluding tert-OH is 1. The van der Waals surface area contributed by atoms with Gasteiger partial charge in [0, 0.05) is 6.58 Å². The Hall–Kier alpha value is -0.0800. The summed E-state index contributed by atoms with van der Waals surface area (Å²) in [5.41, 5.74) is 0. The van der Waals surface area contributed by atoms with Crippen LogP contribution in [0.25, 0.3) is 0 Å². The van der Waals surface area contributed by atoms with Gasteiger partial charge in [0.05, 0.1) is 14.1 Å². The predicted molar refractivity (Wildman–Crippen MR) is 26.1 cm³/mol. The standard InChI is InChI=1S/C5H10O2/c6-5-2-1-3-7-4-5/h5-6H,1-4H2/i3T. The van der Waals surface area contributed by atoms with Crippen molar-refractivity contribution in [1.82, 2.24) is 0 Å². The smallest absolute Gasteiger partial charge is 0.0774 e. The van der Waals surface area contributed by atoms with Gasteiger partial charge >= 0.3 is 0 Å². The van der Waals surface area contributed by atoms with Crippen molar-refractivity contribution < 1.29 is 11.2 Å². The van der Waals surface area contributed by atoms with Crippen LogP contribution in [0.1, 0.15) is 14.2 Å². The van der Waals surface area contributed by atoms with Crippen LogP contribution >= 0.6 is 0 Å². The van der Waals surface area contributed by atoms with Gasteiger partial charge in [0.2, 0.25) is 0 Å². The summed E-state index contributed by atoms with van der Waals surface area (Å²) in [6.45, 7) is -0.0489. The molecule has 2 nitrogen and oxygen atoms in total. The molecule has 7 heavy (non-hydrogen) atoms. The van der Waals surface area contributed by atoms with Gasteiger partial charge in [0.15, 0.2) is 0 Å². The fourth-order valence-electron chi connectivity index (χ4n) is 0.606. The molecule has 0 aromatic rings. The second-order valence-electron chi connectivity index (χ2n) is 1.73. The van der Waals surface area contributed by atoms with Gasteiger partial charge in [-0.1, -0.05) is 0 Å². The molecule has 0 aliphatic carbocycles. The topological polar surface area (TPSA) is 29.5 Å². The Morgan fingerprint density at radius 3 is 3.14 bits per heavy atom. The molecule has 1 N–H and O–H groups in total. The van der Waals surface area contributed by atoms with E-state index in [0.29, 0.717) is 19.4 Å². The normalized spacial score (nSPS) is 45.6. The Kier molecular flexibility index (Phi) is 1.26. The molecule has 1 aliphatic rings. The van der Waals surface area contributed by atoms with Gasteiger partial charge in [-0.3, -0.25) is 0 Å². The van der Waals surface area contributed by atoms with Gasteiger partial charge in [-0.05, 0) is 12.8 Å². The van der Waals surface area contributed by atoms with Crippen molar-refractivity contribution in [2.24, 2.45) is 0 Å². The lowest BCUT2D eigenvalue weighted by Crippen LogP contribution is -2.21. The van der Waals surface area contributed by atoms with Crippen molar-refractivity contribution in [3.8, 4) is 0 Å². The average Bonchev–Trinajstić information content (AvgIpc) is 1.77. The van der Waals surface area contributed by atoms with E-state index in [1.165, 1.54) is 0 Å². The zero-order chi connectivity index (χ0) is 5.98. The van der Waals surface area contributed by atoms with Crippen LogP contribution in [0.2, 0.25) is 0 Å². The van der Waals surface area contributed by atoms with E-state index >= 15 is 0 Å². The van der Waals surface area contributed by atoms with E-state index < -0.39 is 6.58 Å². The van der Waals surface area contributed by atoms with Crippen molar-refractivity contribution in [1.29, 1.82) is 0 Å². The van der Waals surface area contributed by atoms with Gasteiger partial charge < -0.3 is 9.84 Å². The van der Waals surface area contributed by atoms with E-state index in [1.807, 2.05) is 0 Å². The van der Waals surface area contributed by atoms with Crippen LogP contribution in [0.3, 0.4) is 0 Å². The molecule has 0 aromatic heterocycles. The molecule has 0 spiro atoms. The van der Waals surface area contributed by atoms with E-state index in [-0.39, 0.29) is 6.10 Å². The van der Waals surface area contributed by atoms with Crippen molar-refractivity contribution in [3.63, 3.8) is 0 Å². The predicted octanol–water partition coefficient (Wildman–Crippen LogP) is 0.158. The summed E-state index contributed by atoms with van der Waals surface area (Å²) in [6.07, 6.45) is 1.06. The van der Waals surface area contributed by atoms with Crippen LogP contribution in [0.5, 0.6) is 0 Å². The van der Waals surface area contributed by atoms with Crippen molar-refractivity contribution in [2.75, 3.05) is 13.2 Å². The monoisotopic (exact) mass is 104 g/mol. The van der Waals surface area contributed by atoms with Gasteiger partial charge in [0.1, 0.15) is 0 Å². The molecule has 0 bridgehead atoms. The first-order valence-corrected chi connectivity index (χ1v) is 2.51. The molecule has 1 rings (SSSR count). The Balaban J connectivity index is 2.19. The van der Waals surface area contributed by atoms with Gasteiger partial charge in [-0.2, -0.15) is 0 Å². The average molecular weight is 104 g/mol. The van der Waals surface area contributed by atoms with E-state index in [4.69, 9.17) is 11.2 Å². The minimum absolute atomic E-state index is 0.323. The second kappa shape index (κ2) is 2.28. The van der Waals surface area contributed by atoms with Gasteiger partial charge in [-0.15, -0.1) is 0 Å². The lowest BCUT2D eigenvalue weighted by Gasteiger charge is -2.15. The Bertz CT molecular complexity index is 58.8. The highest BCUT2D eigenvalue weighted by Gasteiger charge is 2.07. The molecule has 0 radical (unpaired) electrons. The summed E-state index contributed by atoms with van der Waals surface area (Å²) in [5.74, 6) is 0. The highest BCUT2D eigenvalue weighted by molar-refractivity contribution is 4.57. The first-order valence-electron chi connectivity index (χ1n) is 3.08. The molecule has 1 heterocycles. The zero-order valence-electron chi connectivity index (χ0n) is 5.13. The van der Waals surface area contributed by atoms with Gasteiger partial charge in [-0.25, -0.2) is 0 Å². The lowest BCUT2D eigenvalue weighted by atomic mass is 10.2. The molecular weight excluding hydrogens is 92.1 g/mol. The van der Waals surface area contributed by atoms with Crippen molar-refractivity contribution >= 4 is 0 Å². The quantitative estimate of drug-likeness (QED) is 0.474. The molecule has 2 atom stereocenters. The number of hydrogen-bond acceptors (Lipinski definition) is 2. The SMILES string of the molecule is [3H]C1CCC(O)CO1. The summed E-state index contributed by atoms with van der Waals surface area (Å²) in [7, 11) is 0. The maximum atomic E-state index is 8.82. The number of ether oxygens (including phenoxy) is 1. The van der Waals surface area contributed by atoms with E-state index in [1.54, 1.807) is 0 Å². The molecule has 0 saturated carbocycles. The van der Waals surface area contributed by atoms with E-state index in [0.717, 1.165) is 0 Å². The maximum Gasteiger partial charge on any atom is 0.0774 e. The van der Waals surface area contributed by atoms with Crippen LogP contribution in [-0.2, 0) is 4.74 Å². The highest BCUT2D eigenvalue weighted by Crippen LogP contribution is 2.03. The van der Waals surface area contributed by atoms with Crippen molar-refractivity contribution in [2.45, 2.75) is 18.9 Å². The molecule has 42 valence electrons. The Morgan fingerprint density at radius 1 is 1.86 bits per heavy atom. The van der Waals surface area contributed by atoms with E-state index in [9.17, 15) is 0 Å². The van der Waals surface area contributed by atoms with Crippen molar-refractivity contribution in [3.05, 3.63) is 0 Å². The highest BCUT2D eigenvalue weighted by atomic mass is 16.5. The first-order chi connectivity index (χ1) is 3.79. The third kappa shape index (κ3) is 1.45. The molecule has 0 amide bonds. The van der Waals surface area contributed by atoms with Crippen LogP contribution in [0.15, 0.2) is 0 Å². The first kappa shape index (κ1) is 3.87. The molecule has 2 unspecified atom stereocenters. The molecule has 1 aliphatic heterocycles. The lowest BCUT2D eigenvalue weighted by molar-refractivity contribution is -0.00535. The molecule has 1 fully saturated rings. The number of hydrogen-bond donors (Lipinski definition) is 1. The summed E-state index contributed by atoms with van der Waals surface area (Å²) >= 11 is 0. The van der Waals surface area contributed by atoms with Crippen LogP contribution < -0.4 is 0 Å². The minimum atomic E-state index is -0.390. The summed E-state index contributed by atoms with van der Waals surface area (Å²) < 4.78 is 11.8. The third-order valence-electron chi connectivity index (χ3n) is 1.02. The summed E-state index contributed by atoms with van der Waals surface area (Å²) in [6, 6.07) is 0. The maximum absolute atomic E-state index is 8.82. The van der Waals surface area contributed by atoms with E-state index in [2.05, 4.69) is 0 Å². The second-order valence-corrected chi connectivity index (χ2v) is 1.73. The molecule has 2 heteroatoms. The third-order valence-corrected chi connectivity index (χ3v) is 1.02. The molecule has 0 aromatic carbocycles. The van der Waals surface area contributed by atoms with Crippen LogP contribution in [0.4, 0.5) is 0 Å². The Labute approximate surface area is 44.5 Å². The Morgan fingerprint density at radius 2 is 2.71 bits per heavy atom. The van der Waals surface area contributed by atoms with Crippen LogP contribution in [0, 0.1) is 0 Å². The fraction of sp³-hybridized carbons (Fsp3) is 1.00. The largest absolute Gasteiger partial charge is 0.391 e. The number of rotatable bonds is 0. The minimum Gasteiger partial charge on any atom is -0.391 e. The summed E-state index contributed by atoms with van der Waals surface area (Å²) in [5, 5.41) is 8.82. The molecule has 1 saturated heterocycles. The molecular formula is C5H10O2. The number of aliphatic hydroxyl groups is 1. The summed E-state index contributed by atoms with van der Waals surface area (Å²) in [4.78, 5) is 0. The zero-order valence-corrected chi connectivity index (χ0v) is 4.13. The van der Waals surface area contributed by atoms with Gasteiger partial charge in [0.25, 0.3) is 0 Å². The fourth-order valence-corrected chi connectivity index (χ4v) is 0.606.